The number of nitrogens with zero attached hydrogens (tertiary/aromatic N) is 2. The van der Waals surface area contributed by atoms with E-state index >= 15 is 0 Å². The highest BCUT2D eigenvalue weighted by Crippen LogP contribution is 2.47. The molecule has 3 aliphatic rings. The second kappa shape index (κ2) is 6.35. The number of nitrogens with one attached hydrogen (secondary N) is 1. The predicted octanol–water partition coefficient (Wildman–Crippen LogP) is 5.63. The first-order valence-corrected chi connectivity index (χ1v) is 11.4. The number of thiazole rings is 1. The number of ether oxygens (including phenoxy) is 1. The Kier molecular flexibility index (Phi) is 4.24. The van der Waals surface area contributed by atoms with Crippen LogP contribution in [0.1, 0.15) is 59.1 Å². The Balaban J connectivity index is 1.52. The Bertz CT molecular complexity index is 903. The standard InChI is InChI=1S/C22H28ClN3OS/c1-21(2)10-15(11-22(3,4)25-21)26(14-6-7-14)20-24-17-12-27-18-9-13(23)5-8-16(18)19(17)28-20/h5,8-9,14-15,25H,6-7,10-12H2,1-4H3. The molecule has 0 bridgehead atoms. The first-order valence-electron chi connectivity index (χ1n) is 10.2. The van der Waals surface area contributed by atoms with Crippen molar-refractivity contribution >= 4 is 28.1 Å². The van der Waals surface area contributed by atoms with Crippen LogP contribution in [-0.2, 0) is 6.61 Å². The van der Waals surface area contributed by atoms with E-state index in [9.17, 15) is 0 Å². The predicted molar refractivity (Wildman–Crippen MR) is 117 cm³/mol. The van der Waals surface area contributed by atoms with Crippen molar-refractivity contribution in [1.29, 1.82) is 0 Å². The summed E-state index contributed by atoms with van der Waals surface area (Å²) in [5.41, 5.74) is 2.44. The maximum atomic E-state index is 6.16. The molecule has 2 fully saturated rings. The van der Waals surface area contributed by atoms with Crippen LogP contribution in [-0.4, -0.2) is 28.1 Å². The van der Waals surface area contributed by atoms with E-state index in [4.69, 9.17) is 21.3 Å². The molecule has 0 amide bonds. The maximum absolute atomic E-state index is 6.16. The fraction of sp³-hybridized carbons (Fsp3) is 0.591. The zero-order valence-corrected chi connectivity index (χ0v) is 18.6. The highest BCUT2D eigenvalue weighted by Gasteiger charge is 2.45. The van der Waals surface area contributed by atoms with Crippen LogP contribution in [0.2, 0.25) is 5.02 Å². The minimum absolute atomic E-state index is 0.128. The molecule has 0 atom stereocenters. The third-order valence-electron chi connectivity index (χ3n) is 5.96. The second-order valence-corrected chi connectivity index (χ2v) is 11.2. The van der Waals surface area contributed by atoms with Gasteiger partial charge in [0.1, 0.15) is 12.4 Å². The van der Waals surface area contributed by atoms with Gasteiger partial charge in [-0.05, 0) is 71.6 Å². The SMILES string of the molecule is CC1(C)CC(N(c2nc3c(s2)-c2ccc(Cl)cc2OC3)C2CC2)CC(C)(C)N1. The average Bonchev–Trinajstić information content (AvgIpc) is 3.29. The van der Waals surface area contributed by atoms with E-state index in [1.165, 1.54) is 17.7 Å². The largest absolute Gasteiger partial charge is 0.487 e. The fourth-order valence-electron chi connectivity index (χ4n) is 5.14. The van der Waals surface area contributed by atoms with Gasteiger partial charge in [0.05, 0.1) is 10.6 Å². The summed E-state index contributed by atoms with van der Waals surface area (Å²) < 4.78 is 5.94. The van der Waals surface area contributed by atoms with Crippen LogP contribution in [0.4, 0.5) is 5.13 Å². The minimum Gasteiger partial charge on any atom is -0.487 e. The number of fused-ring (bicyclic) bond motifs is 3. The lowest BCUT2D eigenvalue weighted by atomic mass is 9.79. The molecule has 1 N–H and O–H groups in total. The van der Waals surface area contributed by atoms with Gasteiger partial charge in [-0.1, -0.05) is 22.9 Å². The molecular formula is C22H28ClN3OS. The number of anilines is 1. The van der Waals surface area contributed by atoms with Crippen LogP contribution in [0.5, 0.6) is 5.75 Å². The Morgan fingerprint density at radius 3 is 2.54 bits per heavy atom. The summed E-state index contributed by atoms with van der Waals surface area (Å²) in [4.78, 5) is 8.95. The summed E-state index contributed by atoms with van der Waals surface area (Å²) >= 11 is 7.98. The molecule has 1 saturated carbocycles. The summed E-state index contributed by atoms with van der Waals surface area (Å²) in [6, 6.07) is 7.06. The van der Waals surface area contributed by atoms with Gasteiger partial charge in [0.15, 0.2) is 5.13 Å². The van der Waals surface area contributed by atoms with Crippen molar-refractivity contribution in [2.75, 3.05) is 4.90 Å². The monoisotopic (exact) mass is 417 g/mol. The summed E-state index contributed by atoms with van der Waals surface area (Å²) in [6.07, 6.45) is 4.83. The fourth-order valence-corrected chi connectivity index (χ4v) is 6.54. The van der Waals surface area contributed by atoms with Gasteiger partial charge in [0.2, 0.25) is 0 Å². The van der Waals surface area contributed by atoms with Gasteiger partial charge in [-0.15, -0.1) is 0 Å². The van der Waals surface area contributed by atoms with Crippen molar-refractivity contribution in [2.45, 2.75) is 83.1 Å². The molecule has 1 saturated heterocycles. The normalized spacial score (nSPS) is 22.9. The Hall–Kier alpha value is -1.30. The van der Waals surface area contributed by atoms with Crippen molar-refractivity contribution in [3.8, 4) is 16.2 Å². The number of hydrogen-bond donors (Lipinski definition) is 1. The molecule has 5 rings (SSSR count). The molecule has 3 heterocycles. The molecule has 150 valence electrons. The van der Waals surface area contributed by atoms with E-state index in [-0.39, 0.29) is 11.1 Å². The number of aromatic nitrogens is 1. The molecule has 4 nitrogen and oxygen atoms in total. The number of piperidine rings is 1. The molecule has 1 aromatic heterocycles. The number of benzene rings is 1. The number of rotatable bonds is 3. The van der Waals surface area contributed by atoms with Crippen LogP contribution in [0.25, 0.3) is 10.4 Å². The van der Waals surface area contributed by atoms with Crippen LogP contribution in [0.3, 0.4) is 0 Å². The highest BCUT2D eigenvalue weighted by molar-refractivity contribution is 7.19. The third kappa shape index (κ3) is 3.42. The van der Waals surface area contributed by atoms with Gasteiger partial charge in [0.25, 0.3) is 0 Å². The molecule has 1 aliphatic carbocycles. The molecule has 2 aromatic rings. The van der Waals surface area contributed by atoms with Gasteiger partial charge >= 0.3 is 0 Å². The van der Waals surface area contributed by atoms with Gasteiger partial charge in [-0.25, -0.2) is 4.98 Å². The van der Waals surface area contributed by atoms with Gasteiger partial charge in [-0.3, -0.25) is 0 Å². The second-order valence-electron chi connectivity index (χ2n) is 9.79. The van der Waals surface area contributed by atoms with Crippen LogP contribution >= 0.6 is 22.9 Å². The Labute approximate surface area is 176 Å². The number of hydrogen-bond acceptors (Lipinski definition) is 5. The zero-order chi connectivity index (χ0) is 19.7. The smallest absolute Gasteiger partial charge is 0.186 e. The lowest BCUT2D eigenvalue weighted by molar-refractivity contribution is 0.158. The van der Waals surface area contributed by atoms with Crippen LogP contribution in [0.15, 0.2) is 18.2 Å². The van der Waals surface area contributed by atoms with E-state index in [0.29, 0.717) is 23.7 Å². The van der Waals surface area contributed by atoms with E-state index < -0.39 is 0 Å². The first kappa shape index (κ1) is 18.7. The summed E-state index contributed by atoms with van der Waals surface area (Å²) in [7, 11) is 0. The van der Waals surface area contributed by atoms with E-state index in [2.05, 4.69) is 44.0 Å². The van der Waals surface area contributed by atoms with E-state index in [0.717, 1.165) is 35.0 Å². The Morgan fingerprint density at radius 1 is 1.14 bits per heavy atom. The molecule has 0 spiro atoms. The first-order chi connectivity index (χ1) is 13.2. The van der Waals surface area contributed by atoms with Crippen LogP contribution in [0, 0.1) is 0 Å². The molecule has 2 aliphatic heterocycles. The molecule has 1 aromatic carbocycles. The summed E-state index contributed by atoms with van der Waals surface area (Å²) in [5.74, 6) is 0.873. The maximum Gasteiger partial charge on any atom is 0.186 e. The van der Waals surface area contributed by atoms with Crippen molar-refractivity contribution in [2.24, 2.45) is 0 Å². The molecular weight excluding hydrogens is 390 g/mol. The average molecular weight is 418 g/mol. The summed E-state index contributed by atoms with van der Waals surface area (Å²) in [5, 5.41) is 5.70. The molecule has 0 unspecified atom stereocenters. The van der Waals surface area contributed by atoms with Crippen LogP contribution < -0.4 is 15.0 Å². The molecule has 6 heteroatoms. The zero-order valence-electron chi connectivity index (χ0n) is 17.0. The van der Waals surface area contributed by atoms with Gasteiger partial charge < -0.3 is 15.0 Å². The van der Waals surface area contributed by atoms with Crippen molar-refractivity contribution in [3.63, 3.8) is 0 Å². The van der Waals surface area contributed by atoms with Crippen molar-refractivity contribution in [3.05, 3.63) is 28.9 Å². The molecule has 28 heavy (non-hydrogen) atoms. The highest BCUT2D eigenvalue weighted by atomic mass is 35.5. The van der Waals surface area contributed by atoms with Gasteiger partial charge in [-0.2, -0.15) is 0 Å². The molecule has 0 radical (unpaired) electrons. The minimum atomic E-state index is 0.128. The third-order valence-corrected chi connectivity index (χ3v) is 7.34. The van der Waals surface area contributed by atoms with Gasteiger partial charge in [0, 0.05) is 33.7 Å². The van der Waals surface area contributed by atoms with Crippen molar-refractivity contribution < 1.29 is 4.74 Å². The quantitative estimate of drug-likeness (QED) is 0.701. The number of halogens is 1. The lowest BCUT2D eigenvalue weighted by Gasteiger charge is -2.49. The Morgan fingerprint density at radius 2 is 1.86 bits per heavy atom. The lowest BCUT2D eigenvalue weighted by Crippen LogP contribution is -2.62. The topological polar surface area (TPSA) is 37.4 Å². The van der Waals surface area contributed by atoms with E-state index in [1.807, 2.05) is 23.5 Å². The van der Waals surface area contributed by atoms with Crippen molar-refractivity contribution in [1.82, 2.24) is 10.3 Å². The summed E-state index contributed by atoms with van der Waals surface area (Å²) in [6.45, 7) is 9.83. The van der Waals surface area contributed by atoms with E-state index in [1.54, 1.807) is 0 Å².